The maximum absolute atomic E-state index is 12.9. The topological polar surface area (TPSA) is 71.1 Å². The number of aromatic nitrogens is 3. The molecule has 1 amide bonds. The number of carbonyl (C=O) groups excluding carboxylic acids is 1. The van der Waals surface area contributed by atoms with Crippen LogP contribution in [0.25, 0.3) is 0 Å². The summed E-state index contributed by atoms with van der Waals surface area (Å²) in [6.45, 7) is 5.28. The van der Waals surface area contributed by atoms with Crippen LogP contribution in [-0.4, -0.2) is 46.2 Å². The van der Waals surface area contributed by atoms with E-state index in [4.69, 9.17) is 4.74 Å². The summed E-state index contributed by atoms with van der Waals surface area (Å²) in [5.41, 5.74) is 1.61. The van der Waals surface area contributed by atoms with Crippen molar-refractivity contribution in [2.45, 2.75) is 32.6 Å². The molecule has 6 nitrogen and oxygen atoms in total. The predicted octanol–water partition coefficient (Wildman–Crippen LogP) is 2.45. The molecule has 1 aliphatic heterocycles. The highest BCUT2D eigenvalue weighted by molar-refractivity contribution is 5.98. The molecule has 0 unspecified atom stereocenters. The lowest BCUT2D eigenvalue weighted by Crippen LogP contribution is -2.38. The zero-order valence-electron chi connectivity index (χ0n) is 13.8. The molecule has 0 spiro atoms. The number of amides is 1. The third kappa shape index (κ3) is 3.06. The summed E-state index contributed by atoms with van der Waals surface area (Å²) < 4.78 is 5.36. The number of aryl methyl sites for hydroxylation is 2. The smallest absolute Gasteiger partial charge is 0.257 e. The zero-order chi connectivity index (χ0) is 16.4. The predicted molar refractivity (Wildman–Crippen MR) is 86.7 cm³/mol. The molecule has 2 heterocycles. The molecule has 0 aliphatic carbocycles. The van der Waals surface area contributed by atoms with Gasteiger partial charge < -0.3 is 9.64 Å². The van der Waals surface area contributed by atoms with E-state index in [-0.39, 0.29) is 5.91 Å². The van der Waals surface area contributed by atoms with E-state index >= 15 is 0 Å². The molecule has 0 atom stereocenters. The Kier molecular flexibility index (Phi) is 4.32. The number of aromatic amines is 1. The number of rotatable bonds is 3. The van der Waals surface area contributed by atoms with Crippen molar-refractivity contribution in [3.05, 3.63) is 41.0 Å². The van der Waals surface area contributed by atoms with Crippen molar-refractivity contribution in [2.24, 2.45) is 0 Å². The van der Waals surface area contributed by atoms with Crippen LogP contribution in [0.5, 0.6) is 5.75 Å². The monoisotopic (exact) mass is 314 g/mol. The van der Waals surface area contributed by atoms with Gasteiger partial charge in [0.1, 0.15) is 11.6 Å². The number of methoxy groups -OCH3 is 1. The van der Waals surface area contributed by atoms with Crippen molar-refractivity contribution in [1.82, 2.24) is 20.1 Å². The summed E-state index contributed by atoms with van der Waals surface area (Å²) in [4.78, 5) is 19.2. The highest BCUT2D eigenvalue weighted by atomic mass is 16.5. The molecule has 1 aliphatic rings. The van der Waals surface area contributed by atoms with E-state index in [0.717, 1.165) is 30.1 Å². The third-order valence-electron chi connectivity index (χ3n) is 4.43. The van der Waals surface area contributed by atoms with E-state index in [1.165, 1.54) is 0 Å². The molecule has 0 bridgehead atoms. The van der Waals surface area contributed by atoms with Crippen LogP contribution in [0.4, 0.5) is 0 Å². The number of likely N-dealkylation sites (tertiary alicyclic amines) is 1. The maximum Gasteiger partial charge on any atom is 0.257 e. The number of H-pyrrole nitrogens is 1. The molecular weight excluding hydrogens is 292 g/mol. The second kappa shape index (κ2) is 6.40. The molecule has 1 fully saturated rings. The van der Waals surface area contributed by atoms with Crippen molar-refractivity contribution in [2.75, 3.05) is 20.2 Å². The third-order valence-corrected chi connectivity index (χ3v) is 4.43. The summed E-state index contributed by atoms with van der Waals surface area (Å²) >= 11 is 0. The molecule has 2 aromatic rings. The normalized spacial score (nSPS) is 15.7. The van der Waals surface area contributed by atoms with Crippen LogP contribution in [-0.2, 0) is 0 Å². The Balaban J connectivity index is 1.71. The summed E-state index contributed by atoms with van der Waals surface area (Å²) in [6, 6.07) is 5.69. The Morgan fingerprint density at radius 3 is 2.65 bits per heavy atom. The van der Waals surface area contributed by atoms with Crippen LogP contribution >= 0.6 is 0 Å². The van der Waals surface area contributed by atoms with Crippen molar-refractivity contribution < 1.29 is 9.53 Å². The van der Waals surface area contributed by atoms with E-state index < -0.39 is 0 Å². The SMILES string of the molecule is COc1cccc(C)c1C(=O)N1CCC(c2n[nH]c(C)n2)CC1. The Morgan fingerprint density at radius 2 is 2.04 bits per heavy atom. The molecule has 6 heteroatoms. The number of ether oxygens (including phenoxy) is 1. The van der Waals surface area contributed by atoms with E-state index in [0.29, 0.717) is 30.3 Å². The number of nitrogens with one attached hydrogen (secondary N) is 1. The van der Waals surface area contributed by atoms with Gasteiger partial charge in [0.25, 0.3) is 5.91 Å². The maximum atomic E-state index is 12.9. The summed E-state index contributed by atoms with van der Waals surface area (Å²) in [5.74, 6) is 2.71. The molecule has 1 N–H and O–H groups in total. The minimum Gasteiger partial charge on any atom is -0.496 e. The average Bonchev–Trinajstić information content (AvgIpc) is 3.00. The van der Waals surface area contributed by atoms with E-state index in [1.807, 2.05) is 36.9 Å². The van der Waals surface area contributed by atoms with Gasteiger partial charge in [-0.2, -0.15) is 5.10 Å². The molecule has 122 valence electrons. The fourth-order valence-corrected chi connectivity index (χ4v) is 3.13. The largest absolute Gasteiger partial charge is 0.496 e. The Hall–Kier alpha value is -2.37. The first-order chi connectivity index (χ1) is 11.1. The summed E-state index contributed by atoms with van der Waals surface area (Å²) in [5, 5.41) is 7.14. The summed E-state index contributed by atoms with van der Waals surface area (Å²) in [7, 11) is 1.60. The number of benzene rings is 1. The Morgan fingerprint density at radius 1 is 1.30 bits per heavy atom. The highest BCUT2D eigenvalue weighted by Gasteiger charge is 2.28. The summed E-state index contributed by atoms with van der Waals surface area (Å²) in [6.07, 6.45) is 1.77. The van der Waals surface area contributed by atoms with Crippen LogP contribution in [0.15, 0.2) is 18.2 Å². The van der Waals surface area contributed by atoms with Crippen LogP contribution in [0.3, 0.4) is 0 Å². The van der Waals surface area contributed by atoms with Crippen LogP contribution in [0.2, 0.25) is 0 Å². The minimum atomic E-state index is 0.0459. The lowest BCUT2D eigenvalue weighted by Gasteiger charge is -2.31. The molecule has 0 radical (unpaired) electrons. The van der Waals surface area contributed by atoms with Crippen molar-refractivity contribution in [3.8, 4) is 5.75 Å². The standard InChI is InChI=1S/C17H22N4O2/c1-11-5-4-6-14(23-3)15(11)17(22)21-9-7-13(8-10-21)16-18-12(2)19-20-16/h4-6,13H,7-10H2,1-3H3,(H,18,19,20). The van der Waals surface area contributed by atoms with Gasteiger partial charge in [-0.1, -0.05) is 12.1 Å². The van der Waals surface area contributed by atoms with E-state index in [2.05, 4.69) is 15.2 Å². The van der Waals surface area contributed by atoms with Crippen LogP contribution in [0.1, 0.15) is 46.3 Å². The second-order valence-corrected chi connectivity index (χ2v) is 6.00. The quantitative estimate of drug-likeness (QED) is 0.944. The first kappa shape index (κ1) is 15.5. The molecule has 0 saturated carbocycles. The minimum absolute atomic E-state index is 0.0459. The Labute approximate surface area is 135 Å². The molecular formula is C17H22N4O2. The zero-order valence-corrected chi connectivity index (χ0v) is 13.8. The highest BCUT2D eigenvalue weighted by Crippen LogP contribution is 2.29. The number of nitrogens with zero attached hydrogens (tertiary/aromatic N) is 3. The lowest BCUT2D eigenvalue weighted by molar-refractivity contribution is 0.0707. The molecule has 23 heavy (non-hydrogen) atoms. The first-order valence-corrected chi connectivity index (χ1v) is 7.92. The van der Waals surface area contributed by atoms with Gasteiger partial charge in [0.15, 0.2) is 5.82 Å². The fourth-order valence-electron chi connectivity index (χ4n) is 3.13. The van der Waals surface area contributed by atoms with Crippen molar-refractivity contribution in [1.29, 1.82) is 0 Å². The van der Waals surface area contributed by atoms with Gasteiger partial charge in [0, 0.05) is 19.0 Å². The van der Waals surface area contributed by atoms with Gasteiger partial charge in [0.2, 0.25) is 0 Å². The van der Waals surface area contributed by atoms with Crippen LogP contribution in [0, 0.1) is 13.8 Å². The van der Waals surface area contributed by atoms with E-state index in [1.54, 1.807) is 7.11 Å². The fraction of sp³-hybridized carbons (Fsp3) is 0.471. The number of hydrogen-bond acceptors (Lipinski definition) is 4. The lowest BCUT2D eigenvalue weighted by atomic mass is 9.95. The number of hydrogen-bond donors (Lipinski definition) is 1. The van der Waals surface area contributed by atoms with Gasteiger partial charge >= 0.3 is 0 Å². The second-order valence-electron chi connectivity index (χ2n) is 6.00. The van der Waals surface area contributed by atoms with Gasteiger partial charge in [-0.3, -0.25) is 9.89 Å². The average molecular weight is 314 g/mol. The van der Waals surface area contributed by atoms with Gasteiger partial charge in [-0.05, 0) is 38.3 Å². The van der Waals surface area contributed by atoms with Crippen molar-refractivity contribution >= 4 is 5.91 Å². The Bertz CT molecular complexity index is 702. The van der Waals surface area contributed by atoms with Crippen molar-refractivity contribution in [3.63, 3.8) is 0 Å². The molecule has 1 aromatic heterocycles. The van der Waals surface area contributed by atoms with Crippen LogP contribution < -0.4 is 4.74 Å². The molecule has 3 rings (SSSR count). The van der Waals surface area contributed by atoms with Gasteiger partial charge in [-0.25, -0.2) is 4.98 Å². The number of carbonyl (C=O) groups is 1. The number of piperidine rings is 1. The van der Waals surface area contributed by atoms with Gasteiger partial charge in [-0.15, -0.1) is 0 Å². The van der Waals surface area contributed by atoms with Gasteiger partial charge in [0.05, 0.1) is 12.7 Å². The van der Waals surface area contributed by atoms with E-state index in [9.17, 15) is 4.79 Å². The molecule has 1 aromatic carbocycles. The molecule has 1 saturated heterocycles. The first-order valence-electron chi connectivity index (χ1n) is 7.92.